The molecule has 0 aromatic heterocycles. The van der Waals surface area contributed by atoms with Gasteiger partial charge < -0.3 is 15.2 Å². The summed E-state index contributed by atoms with van der Waals surface area (Å²) in [5.74, 6) is -3.48. The summed E-state index contributed by atoms with van der Waals surface area (Å²) in [7, 11) is 2.80. The van der Waals surface area contributed by atoms with Gasteiger partial charge >= 0.3 is 12.1 Å². The quantitative estimate of drug-likeness (QED) is 0.439. The zero-order valence-corrected chi connectivity index (χ0v) is 18.7. The molecule has 1 unspecified atom stereocenters. The Bertz CT molecular complexity index is 1330. The number of halogens is 3. The lowest BCUT2D eigenvalue weighted by atomic mass is 9.80. The second kappa shape index (κ2) is 8.79. The van der Waals surface area contributed by atoms with Gasteiger partial charge in [-0.2, -0.15) is 13.2 Å². The van der Waals surface area contributed by atoms with E-state index in [0.717, 1.165) is 16.5 Å². The maximum Gasteiger partial charge on any atom is 0.491 e. The van der Waals surface area contributed by atoms with Gasteiger partial charge in [-0.3, -0.25) is 9.69 Å². The monoisotopic (exact) mass is 483 g/mol. The summed E-state index contributed by atoms with van der Waals surface area (Å²) in [6, 6.07) is 19.6. The van der Waals surface area contributed by atoms with Gasteiger partial charge in [-0.05, 0) is 11.6 Å². The maximum absolute atomic E-state index is 13.7. The molecule has 0 saturated heterocycles. The lowest BCUT2D eigenvalue weighted by molar-refractivity contribution is -0.189. The number of rotatable bonds is 5. The van der Waals surface area contributed by atoms with Crippen molar-refractivity contribution < 1.29 is 32.2 Å². The van der Waals surface area contributed by atoms with Crippen LogP contribution in [0.4, 0.5) is 13.2 Å². The largest absolute Gasteiger partial charge is 0.496 e. The number of para-hydroxylation sites is 2. The molecule has 180 valence electrons. The third-order valence-corrected chi connectivity index (χ3v) is 5.64. The molecule has 0 aliphatic carbocycles. The van der Waals surface area contributed by atoms with Gasteiger partial charge in [0.15, 0.2) is 5.96 Å². The molecule has 0 bridgehead atoms. The highest BCUT2D eigenvalue weighted by atomic mass is 19.4. The van der Waals surface area contributed by atoms with Gasteiger partial charge in [-0.25, -0.2) is 9.79 Å². The molecule has 3 aromatic rings. The molecule has 0 spiro atoms. The molecule has 1 amide bonds. The number of amides is 1. The van der Waals surface area contributed by atoms with Crippen LogP contribution >= 0.6 is 0 Å². The number of aliphatic imine (C=N–C) groups is 1. The highest BCUT2D eigenvalue weighted by Gasteiger charge is 2.53. The number of carbonyl (C=O) groups is 2. The van der Waals surface area contributed by atoms with Crippen LogP contribution in [-0.2, 0) is 15.1 Å². The van der Waals surface area contributed by atoms with Gasteiger partial charge in [0.2, 0.25) is 5.54 Å². The minimum Gasteiger partial charge on any atom is -0.496 e. The van der Waals surface area contributed by atoms with Crippen LogP contribution in [0.25, 0.3) is 11.1 Å². The second-order valence-corrected chi connectivity index (χ2v) is 7.68. The summed E-state index contributed by atoms with van der Waals surface area (Å²) in [6.07, 6.45) is -5.25. The number of hydrogen-bond acceptors (Lipinski definition) is 6. The number of esters is 1. The zero-order chi connectivity index (χ0) is 25.4. The first kappa shape index (κ1) is 23.8. The van der Waals surface area contributed by atoms with E-state index < -0.39 is 29.3 Å². The standard InChI is InChI=1S/C25H20F3N3O4/c1-31-21(32)24(30-23(31)29,17-12-6-7-14-19(17)35-22(33)25(26,27)28)18-13-8-11-16(20(18)34-2)15-9-4-3-5-10-15/h3-14H,1-2H3,(H2,29,30). The summed E-state index contributed by atoms with van der Waals surface area (Å²) in [5, 5.41) is 0. The fourth-order valence-corrected chi connectivity index (χ4v) is 4.04. The highest BCUT2D eigenvalue weighted by molar-refractivity contribution is 6.10. The first-order chi connectivity index (χ1) is 16.6. The maximum atomic E-state index is 13.7. The SMILES string of the molecule is COc1c(-c2ccccc2)cccc1C1(c2ccccc2OC(=O)C(F)(F)F)N=C(N)N(C)C1=O. The summed E-state index contributed by atoms with van der Waals surface area (Å²) in [6.45, 7) is 0. The van der Waals surface area contributed by atoms with Crippen LogP contribution in [0.1, 0.15) is 11.1 Å². The topological polar surface area (TPSA) is 94.2 Å². The van der Waals surface area contributed by atoms with Crippen LogP contribution in [-0.4, -0.2) is 43.1 Å². The van der Waals surface area contributed by atoms with Crippen LogP contribution in [0.3, 0.4) is 0 Å². The lowest BCUT2D eigenvalue weighted by Crippen LogP contribution is -2.41. The van der Waals surface area contributed by atoms with E-state index in [4.69, 9.17) is 15.2 Å². The molecule has 0 saturated carbocycles. The van der Waals surface area contributed by atoms with Gasteiger partial charge in [-0.15, -0.1) is 0 Å². The Morgan fingerprint density at radius 2 is 1.60 bits per heavy atom. The van der Waals surface area contributed by atoms with E-state index in [0.29, 0.717) is 5.56 Å². The first-order valence-electron chi connectivity index (χ1n) is 10.4. The van der Waals surface area contributed by atoms with Crippen molar-refractivity contribution in [1.82, 2.24) is 4.90 Å². The van der Waals surface area contributed by atoms with Gasteiger partial charge in [0.05, 0.1) is 7.11 Å². The molecule has 4 rings (SSSR count). The van der Waals surface area contributed by atoms with E-state index >= 15 is 0 Å². The van der Waals surface area contributed by atoms with Crippen molar-refractivity contribution in [2.24, 2.45) is 10.7 Å². The molecule has 3 aromatic carbocycles. The van der Waals surface area contributed by atoms with Gasteiger partial charge in [0, 0.05) is 23.7 Å². The Labute approximate surface area is 198 Å². The zero-order valence-electron chi connectivity index (χ0n) is 18.7. The highest BCUT2D eigenvalue weighted by Crippen LogP contribution is 2.49. The molecule has 35 heavy (non-hydrogen) atoms. The summed E-state index contributed by atoms with van der Waals surface area (Å²) >= 11 is 0. The number of methoxy groups -OCH3 is 1. The van der Waals surface area contributed by atoms with Crippen LogP contribution in [0.15, 0.2) is 77.8 Å². The second-order valence-electron chi connectivity index (χ2n) is 7.68. The van der Waals surface area contributed by atoms with Crippen LogP contribution in [0, 0.1) is 0 Å². The number of nitrogens with zero attached hydrogens (tertiary/aromatic N) is 2. The van der Waals surface area contributed by atoms with E-state index in [2.05, 4.69) is 4.99 Å². The molecule has 1 aliphatic heterocycles. The number of carbonyl (C=O) groups excluding carboxylic acids is 2. The number of nitrogens with two attached hydrogens (primary N) is 1. The third kappa shape index (κ3) is 3.96. The fraction of sp³-hybridized carbons (Fsp3) is 0.160. The predicted octanol–water partition coefficient (Wildman–Crippen LogP) is 3.86. The Kier molecular flexibility index (Phi) is 5.98. The van der Waals surface area contributed by atoms with E-state index in [1.807, 2.05) is 30.3 Å². The fourth-order valence-electron chi connectivity index (χ4n) is 4.04. The van der Waals surface area contributed by atoms with Crippen molar-refractivity contribution in [3.05, 3.63) is 83.9 Å². The lowest BCUT2D eigenvalue weighted by Gasteiger charge is -2.29. The summed E-state index contributed by atoms with van der Waals surface area (Å²) in [4.78, 5) is 30.9. The molecule has 0 fully saturated rings. The Morgan fingerprint density at radius 1 is 0.971 bits per heavy atom. The van der Waals surface area contributed by atoms with Gasteiger partial charge in [-0.1, -0.05) is 66.7 Å². The van der Waals surface area contributed by atoms with Crippen molar-refractivity contribution in [3.63, 3.8) is 0 Å². The van der Waals surface area contributed by atoms with Crippen molar-refractivity contribution in [3.8, 4) is 22.6 Å². The normalized spacial score (nSPS) is 17.8. The minimum atomic E-state index is -5.25. The molecule has 10 heteroatoms. The average Bonchev–Trinajstić information content (AvgIpc) is 3.08. The van der Waals surface area contributed by atoms with E-state index in [1.54, 1.807) is 18.2 Å². The van der Waals surface area contributed by atoms with Crippen molar-refractivity contribution in [2.45, 2.75) is 11.7 Å². The molecular formula is C25H20F3N3O4. The van der Waals surface area contributed by atoms with Crippen molar-refractivity contribution in [2.75, 3.05) is 14.2 Å². The van der Waals surface area contributed by atoms with Crippen molar-refractivity contribution >= 4 is 17.8 Å². The number of hydrogen-bond donors (Lipinski definition) is 1. The Morgan fingerprint density at radius 3 is 2.20 bits per heavy atom. The Balaban J connectivity index is 2.02. The van der Waals surface area contributed by atoms with E-state index in [-0.39, 0.29) is 22.8 Å². The third-order valence-electron chi connectivity index (χ3n) is 5.64. The first-order valence-corrected chi connectivity index (χ1v) is 10.4. The predicted molar refractivity (Wildman–Crippen MR) is 122 cm³/mol. The number of ether oxygens (including phenoxy) is 2. The molecular weight excluding hydrogens is 463 g/mol. The number of guanidine groups is 1. The smallest absolute Gasteiger partial charge is 0.491 e. The number of likely N-dealkylation sites (N-methyl/N-ethyl adjacent to an activating group) is 1. The van der Waals surface area contributed by atoms with Crippen LogP contribution in [0.5, 0.6) is 11.5 Å². The molecule has 2 N–H and O–H groups in total. The average molecular weight is 483 g/mol. The van der Waals surface area contributed by atoms with Crippen molar-refractivity contribution in [1.29, 1.82) is 0 Å². The molecule has 0 radical (unpaired) electrons. The molecule has 1 heterocycles. The summed E-state index contributed by atoms with van der Waals surface area (Å²) in [5.41, 5.74) is 5.54. The summed E-state index contributed by atoms with van der Waals surface area (Å²) < 4.78 is 49.4. The van der Waals surface area contributed by atoms with Gasteiger partial charge in [0.25, 0.3) is 5.91 Å². The van der Waals surface area contributed by atoms with E-state index in [1.165, 1.54) is 32.4 Å². The van der Waals surface area contributed by atoms with E-state index in [9.17, 15) is 22.8 Å². The Hall–Kier alpha value is -4.34. The van der Waals surface area contributed by atoms with Crippen LogP contribution in [0.2, 0.25) is 0 Å². The number of benzene rings is 3. The molecule has 7 nitrogen and oxygen atoms in total. The minimum absolute atomic E-state index is 0.0987. The molecule has 1 aliphatic rings. The number of alkyl halides is 3. The van der Waals surface area contributed by atoms with Crippen LogP contribution < -0.4 is 15.2 Å². The molecule has 1 atom stereocenters. The van der Waals surface area contributed by atoms with Gasteiger partial charge in [0.1, 0.15) is 11.5 Å².